The highest BCUT2D eigenvalue weighted by Gasteiger charge is 2.24. The van der Waals surface area contributed by atoms with E-state index in [9.17, 15) is 4.79 Å². The Bertz CT molecular complexity index is 540. The normalized spacial score (nSPS) is 23.0. The Morgan fingerprint density at radius 3 is 2.58 bits per heavy atom. The maximum Gasteiger partial charge on any atom is 0.223 e. The maximum absolute atomic E-state index is 12.4. The smallest absolute Gasteiger partial charge is 0.223 e. The highest BCUT2D eigenvalue weighted by molar-refractivity contribution is 5.78. The zero-order chi connectivity index (χ0) is 18.2. The summed E-state index contributed by atoms with van der Waals surface area (Å²) in [6, 6.07) is 10.6. The fourth-order valence-electron chi connectivity index (χ4n) is 4.34. The predicted molar refractivity (Wildman–Crippen MR) is 107 cm³/mol. The molecule has 2 fully saturated rings. The third-order valence-corrected chi connectivity index (χ3v) is 5.90. The minimum atomic E-state index is 0.206. The first-order valence-electron chi connectivity index (χ1n) is 10.5. The van der Waals surface area contributed by atoms with Crippen LogP contribution in [0.15, 0.2) is 30.3 Å². The van der Waals surface area contributed by atoms with Gasteiger partial charge in [-0.25, -0.2) is 0 Å². The third-order valence-electron chi connectivity index (χ3n) is 5.90. The number of piperidine rings is 2. The molecule has 1 N–H and O–H groups in total. The van der Waals surface area contributed by atoms with Crippen LogP contribution in [0.1, 0.15) is 44.6 Å². The van der Waals surface area contributed by atoms with Gasteiger partial charge < -0.3 is 10.2 Å². The topological polar surface area (TPSA) is 35.6 Å². The average molecular weight is 358 g/mol. The van der Waals surface area contributed by atoms with E-state index in [1.807, 2.05) is 0 Å². The molecule has 4 heteroatoms. The van der Waals surface area contributed by atoms with Crippen LogP contribution in [0.3, 0.4) is 0 Å². The van der Waals surface area contributed by atoms with Gasteiger partial charge in [0.25, 0.3) is 0 Å². The zero-order valence-electron chi connectivity index (χ0n) is 16.3. The molecule has 2 aliphatic heterocycles. The van der Waals surface area contributed by atoms with Crippen LogP contribution in [0.4, 0.5) is 0 Å². The average Bonchev–Trinajstić information content (AvgIpc) is 2.66. The van der Waals surface area contributed by atoms with E-state index >= 15 is 0 Å². The molecule has 1 unspecified atom stereocenters. The Hall–Kier alpha value is -1.39. The minimum absolute atomic E-state index is 0.206. The van der Waals surface area contributed by atoms with Gasteiger partial charge >= 0.3 is 0 Å². The van der Waals surface area contributed by atoms with Crippen LogP contribution in [0.2, 0.25) is 0 Å². The van der Waals surface area contributed by atoms with Gasteiger partial charge in [-0.15, -0.1) is 0 Å². The van der Waals surface area contributed by atoms with Crippen molar-refractivity contribution in [3.05, 3.63) is 35.9 Å². The van der Waals surface area contributed by atoms with Crippen LogP contribution in [-0.2, 0) is 11.3 Å². The molecule has 0 aliphatic carbocycles. The van der Waals surface area contributed by atoms with E-state index in [1.54, 1.807) is 0 Å². The largest absolute Gasteiger partial charge is 0.356 e. The summed E-state index contributed by atoms with van der Waals surface area (Å²) in [6.07, 6.45) is 5.75. The predicted octanol–water partition coefficient (Wildman–Crippen LogP) is 3.14. The first-order valence-corrected chi connectivity index (χ1v) is 10.5. The van der Waals surface area contributed by atoms with Gasteiger partial charge in [0.1, 0.15) is 0 Å². The summed E-state index contributed by atoms with van der Waals surface area (Å²) in [5, 5.41) is 3.18. The van der Waals surface area contributed by atoms with Gasteiger partial charge in [-0.3, -0.25) is 9.69 Å². The monoisotopic (exact) mass is 357 g/mol. The lowest BCUT2D eigenvalue weighted by Gasteiger charge is -2.32. The van der Waals surface area contributed by atoms with E-state index in [-0.39, 0.29) is 11.8 Å². The Labute approximate surface area is 158 Å². The van der Waals surface area contributed by atoms with Crippen LogP contribution >= 0.6 is 0 Å². The standard InChI is InChI=1S/C22H35N3O/c1-19-7-5-13-24(17-19)14-6-12-23-22(26)21-10-15-25(16-11-21)18-20-8-3-2-4-9-20/h2-4,8-9,19,21H,5-7,10-18H2,1H3,(H,23,26). The van der Waals surface area contributed by atoms with Crippen molar-refractivity contribution in [2.24, 2.45) is 11.8 Å². The van der Waals surface area contributed by atoms with E-state index < -0.39 is 0 Å². The summed E-state index contributed by atoms with van der Waals surface area (Å²) in [5.41, 5.74) is 1.36. The van der Waals surface area contributed by atoms with Crippen molar-refractivity contribution < 1.29 is 4.79 Å². The fourth-order valence-corrected chi connectivity index (χ4v) is 4.34. The van der Waals surface area contributed by atoms with E-state index in [2.05, 4.69) is 52.4 Å². The number of rotatable bonds is 7. The van der Waals surface area contributed by atoms with Crippen molar-refractivity contribution >= 4 is 5.91 Å². The van der Waals surface area contributed by atoms with Crippen LogP contribution in [0.25, 0.3) is 0 Å². The van der Waals surface area contributed by atoms with Gasteiger partial charge in [-0.2, -0.15) is 0 Å². The summed E-state index contributed by atoms with van der Waals surface area (Å²) in [7, 11) is 0. The molecular formula is C22H35N3O. The van der Waals surface area contributed by atoms with Gasteiger partial charge in [-0.05, 0) is 69.8 Å². The number of amides is 1. The number of hydrogen-bond acceptors (Lipinski definition) is 3. The third kappa shape index (κ3) is 6.10. The van der Waals surface area contributed by atoms with Gasteiger partial charge in [0.15, 0.2) is 0 Å². The van der Waals surface area contributed by atoms with Crippen LogP contribution < -0.4 is 5.32 Å². The molecule has 0 spiro atoms. The van der Waals surface area contributed by atoms with Gasteiger partial charge in [-0.1, -0.05) is 37.3 Å². The summed E-state index contributed by atoms with van der Waals surface area (Å²) in [6.45, 7) is 9.82. The summed E-state index contributed by atoms with van der Waals surface area (Å²) in [4.78, 5) is 17.4. The first-order chi connectivity index (χ1) is 12.7. The Morgan fingerprint density at radius 1 is 1.08 bits per heavy atom. The molecule has 1 aromatic rings. The number of carbonyl (C=O) groups excluding carboxylic acids is 1. The Morgan fingerprint density at radius 2 is 1.85 bits per heavy atom. The quantitative estimate of drug-likeness (QED) is 0.762. The molecule has 0 aromatic heterocycles. The van der Waals surface area contributed by atoms with Crippen LogP contribution in [-0.4, -0.2) is 55.0 Å². The van der Waals surface area contributed by atoms with Crippen LogP contribution in [0.5, 0.6) is 0 Å². The number of carbonyl (C=O) groups is 1. The van der Waals surface area contributed by atoms with Crippen molar-refractivity contribution in [3.63, 3.8) is 0 Å². The molecule has 1 amide bonds. The van der Waals surface area contributed by atoms with E-state index in [0.29, 0.717) is 0 Å². The number of hydrogen-bond donors (Lipinski definition) is 1. The number of likely N-dealkylation sites (tertiary alicyclic amines) is 2. The van der Waals surface area contributed by atoms with E-state index in [1.165, 1.54) is 31.5 Å². The second kappa shape index (κ2) is 10.1. The molecule has 2 aliphatic rings. The second-order valence-electron chi connectivity index (χ2n) is 8.23. The lowest BCUT2D eigenvalue weighted by atomic mass is 9.95. The van der Waals surface area contributed by atoms with Crippen molar-refractivity contribution in [2.45, 2.75) is 45.6 Å². The molecule has 144 valence electrons. The molecule has 0 bridgehead atoms. The van der Waals surface area contributed by atoms with E-state index in [4.69, 9.17) is 0 Å². The van der Waals surface area contributed by atoms with Crippen molar-refractivity contribution in [2.75, 3.05) is 39.3 Å². The SMILES string of the molecule is CC1CCCN(CCCNC(=O)C2CCN(Cc3ccccc3)CC2)C1. The minimum Gasteiger partial charge on any atom is -0.356 e. The van der Waals surface area contributed by atoms with Crippen molar-refractivity contribution in [1.29, 1.82) is 0 Å². The molecule has 0 saturated carbocycles. The zero-order valence-corrected chi connectivity index (χ0v) is 16.3. The fraction of sp³-hybridized carbons (Fsp3) is 0.682. The van der Waals surface area contributed by atoms with Gasteiger partial charge in [0.2, 0.25) is 5.91 Å². The summed E-state index contributed by atoms with van der Waals surface area (Å²) in [5.74, 6) is 1.31. The molecule has 4 nitrogen and oxygen atoms in total. The molecule has 2 heterocycles. The second-order valence-corrected chi connectivity index (χ2v) is 8.23. The molecule has 1 atom stereocenters. The maximum atomic E-state index is 12.4. The van der Waals surface area contributed by atoms with E-state index in [0.717, 1.165) is 57.9 Å². The Balaban J connectivity index is 1.29. The highest BCUT2D eigenvalue weighted by atomic mass is 16.1. The number of nitrogens with zero attached hydrogens (tertiary/aromatic N) is 2. The highest BCUT2D eigenvalue weighted by Crippen LogP contribution is 2.19. The molecule has 3 rings (SSSR count). The first kappa shape index (κ1) is 19.4. The molecular weight excluding hydrogens is 322 g/mol. The number of benzene rings is 1. The lowest BCUT2D eigenvalue weighted by molar-refractivity contribution is -0.126. The summed E-state index contributed by atoms with van der Waals surface area (Å²) >= 11 is 0. The van der Waals surface area contributed by atoms with Crippen molar-refractivity contribution in [1.82, 2.24) is 15.1 Å². The van der Waals surface area contributed by atoms with Crippen LogP contribution in [0, 0.1) is 11.8 Å². The molecule has 26 heavy (non-hydrogen) atoms. The Kier molecular flexibility index (Phi) is 7.51. The molecule has 1 aromatic carbocycles. The van der Waals surface area contributed by atoms with Gasteiger partial charge in [0, 0.05) is 25.6 Å². The number of nitrogens with one attached hydrogen (secondary N) is 1. The molecule has 2 saturated heterocycles. The van der Waals surface area contributed by atoms with Crippen molar-refractivity contribution in [3.8, 4) is 0 Å². The summed E-state index contributed by atoms with van der Waals surface area (Å²) < 4.78 is 0. The van der Waals surface area contributed by atoms with Gasteiger partial charge in [0.05, 0.1) is 0 Å². The lowest BCUT2D eigenvalue weighted by Crippen LogP contribution is -2.41. The molecule has 0 radical (unpaired) electrons.